The fourth-order valence-electron chi connectivity index (χ4n) is 2.28. The first-order valence-electron chi connectivity index (χ1n) is 8.43. The first-order valence-corrected chi connectivity index (χ1v) is 8.43. The van der Waals surface area contributed by atoms with E-state index in [2.05, 4.69) is 10.6 Å². The SMILES string of the molecule is COc1ccc(C(=O)C(C)OC(=O)CNC(=O)NCc2ccccc2)cc1. The van der Waals surface area contributed by atoms with Crippen LogP contribution < -0.4 is 15.4 Å². The Kier molecular flexibility index (Phi) is 7.37. The van der Waals surface area contributed by atoms with Crippen molar-refractivity contribution in [3.8, 4) is 5.75 Å². The van der Waals surface area contributed by atoms with E-state index in [0.717, 1.165) is 5.56 Å². The molecule has 2 aromatic carbocycles. The van der Waals surface area contributed by atoms with Crippen LogP contribution in [0.1, 0.15) is 22.8 Å². The molecule has 2 aromatic rings. The van der Waals surface area contributed by atoms with Crippen molar-refractivity contribution >= 4 is 17.8 Å². The lowest BCUT2D eigenvalue weighted by Crippen LogP contribution is -2.39. The highest BCUT2D eigenvalue weighted by molar-refractivity contribution is 6.00. The van der Waals surface area contributed by atoms with Crippen LogP contribution in [0, 0.1) is 0 Å². The predicted molar refractivity (Wildman–Crippen MR) is 99.6 cm³/mol. The second-order valence-electron chi connectivity index (χ2n) is 5.75. The van der Waals surface area contributed by atoms with Crippen LogP contribution in [0.5, 0.6) is 5.75 Å². The largest absolute Gasteiger partial charge is 0.497 e. The summed E-state index contributed by atoms with van der Waals surface area (Å²) in [5.74, 6) is -0.402. The molecule has 7 nitrogen and oxygen atoms in total. The van der Waals surface area contributed by atoms with Crippen molar-refractivity contribution in [2.45, 2.75) is 19.6 Å². The van der Waals surface area contributed by atoms with Gasteiger partial charge in [-0.1, -0.05) is 30.3 Å². The Morgan fingerprint density at radius 1 is 0.963 bits per heavy atom. The lowest BCUT2D eigenvalue weighted by Gasteiger charge is -2.13. The summed E-state index contributed by atoms with van der Waals surface area (Å²) in [6.07, 6.45) is -0.958. The summed E-state index contributed by atoms with van der Waals surface area (Å²) in [4.78, 5) is 35.8. The molecule has 0 aliphatic carbocycles. The van der Waals surface area contributed by atoms with E-state index in [4.69, 9.17) is 9.47 Å². The summed E-state index contributed by atoms with van der Waals surface area (Å²) in [7, 11) is 1.53. The van der Waals surface area contributed by atoms with Gasteiger partial charge in [0.05, 0.1) is 7.11 Å². The number of Topliss-reactive ketones (excluding diaryl/α,β-unsaturated/α-hetero) is 1. The molecule has 0 fully saturated rings. The Balaban J connectivity index is 1.73. The first kappa shape index (κ1) is 20.0. The molecule has 0 aliphatic rings. The molecule has 27 heavy (non-hydrogen) atoms. The minimum absolute atomic E-state index is 0.332. The van der Waals surface area contributed by atoms with Crippen molar-refractivity contribution in [2.75, 3.05) is 13.7 Å². The summed E-state index contributed by atoms with van der Waals surface area (Å²) < 4.78 is 10.1. The third-order valence-electron chi connectivity index (χ3n) is 3.74. The molecular formula is C20H22N2O5. The van der Waals surface area contributed by atoms with Crippen molar-refractivity contribution in [2.24, 2.45) is 0 Å². The Morgan fingerprint density at radius 3 is 2.26 bits per heavy atom. The predicted octanol–water partition coefficient (Wildman–Crippen LogP) is 2.31. The number of urea groups is 1. The summed E-state index contributed by atoms with van der Waals surface area (Å²) in [6.45, 7) is 1.49. The van der Waals surface area contributed by atoms with Gasteiger partial charge in [0.25, 0.3) is 0 Å². The molecule has 2 amide bonds. The lowest BCUT2D eigenvalue weighted by molar-refractivity contribution is -0.144. The molecule has 0 saturated carbocycles. The normalized spacial score (nSPS) is 11.2. The van der Waals surface area contributed by atoms with Crippen molar-refractivity contribution in [1.29, 1.82) is 0 Å². The van der Waals surface area contributed by atoms with Crippen LogP contribution in [0.15, 0.2) is 54.6 Å². The fourth-order valence-corrected chi connectivity index (χ4v) is 2.28. The minimum Gasteiger partial charge on any atom is -0.497 e. The van der Waals surface area contributed by atoms with Gasteiger partial charge >= 0.3 is 12.0 Å². The first-order chi connectivity index (χ1) is 13.0. The topological polar surface area (TPSA) is 93.7 Å². The Hall–Kier alpha value is -3.35. The number of carbonyl (C=O) groups is 3. The summed E-state index contributed by atoms with van der Waals surface area (Å²) >= 11 is 0. The van der Waals surface area contributed by atoms with Crippen LogP contribution in [0.4, 0.5) is 4.79 Å². The molecule has 0 aliphatic heterocycles. The summed E-state index contributed by atoms with van der Waals surface area (Å²) in [5, 5.41) is 5.03. The van der Waals surface area contributed by atoms with Gasteiger partial charge in [-0.2, -0.15) is 0 Å². The quantitative estimate of drug-likeness (QED) is 0.549. The Morgan fingerprint density at radius 2 is 1.63 bits per heavy atom. The second kappa shape index (κ2) is 9.96. The van der Waals surface area contributed by atoms with Crippen molar-refractivity contribution in [3.63, 3.8) is 0 Å². The zero-order chi connectivity index (χ0) is 19.6. The van der Waals surface area contributed by atoms with E-state index in [1.54, 1.807) is 24.3 Å². The third kappa shape index (κ3) is 6.47. The molecule has 1 atom stereocenters. The van der Waals surface area contributed by atoms with Crippen LogP contribution >= 0.6 is 0 Å². The van der Waals surface area contributed by atoms with Crippen LogP contribution in [0.2, 0.25) is 0 Å². The molecular weight excluding hydrogens is 348 g/mol. The highest BCUT2D eigenvalue weighted by atomic mass is 16.5. The molecule has 0 bridgehead atoms. The number of hydrogen-bond acceptors (Lipinski definition) is 5. The standard InChI is InChI=1S/C20H22N2O5/c1-14(19(24)16-8-10-17(26-2)11-9-16)27-18(23)13-22-20(25)21-12-15-6-4-3-5-7-15/h3-11,14H,12-13H2,1-2H3,(H2,21,22,25). The van der Waals surface area contributed by atoms with E-state index in [-0.39, 0.29) is 12.3 Å². The average molecular weight is 370 g/mol. The van der Waals surface area contributed by atoms with Gasteiger partial charge in [0, 0.05) is 12.1 Å². The molecule has 142 valence electrons. The van der Waals surface area contributed by atoms with E-state index >= 15 is 0 Å². The van der Waals surface area contributed by atoms with Gasteiger partial charge in [-0.05, 0) is 36.8 Å². The molecule has 0 radical (unpaired) electrons. The molecule has 2 N–H and O–H groups in total. The number of nitrogens with one attached hydrogen (secondary N) is 2. The highest BCUT2D eigenvalue weighted by Gasteiger charge is 2.19. The van der Waals surface area contributed by atoms with Gasteiger partial charge in [0.15, 0.2) is 6.10 Å². The van der Waals surface area contributed by atoms with Crippen LogP contribution in [-0.4, -0.2) is 37.5 Å². The van der Waals surface area contributed by atoms with Gasteiger partial charge in [-0.15, -0.1) is 0 Å². The molecule has 2 rings (SSSR count). The number of esters is 1. The van der Waals surface area contributed by atoms with Gasteiger partial charge < -0.3 is 20.1 Å². The van der Waals surface area contributed by atoms with Crippen molar-refractivity contribution in [1.82, 2.24) is 10.6 Å². The zero-order valence-corrected chi connectivity index (χ0v) is 15.2. The second-order valence-corrected chi connectivity index (χ2v) is 5.75. The number of ketones is 1. The monoisotopic (exact) mass is 370 g/mol. The van der Waals surface area contributed by atoms with Crippen LogP contribution in [0.25, 0.3) is 0 Å². The van der Waals surface area contributed by atoms with Crippen molar-refractivity contribution < 1.29 is 23.9 Å². The third-order valence-corrected chi connectivity index (χ3v) is 3.74. The van der Waals surface area contributed by atoms with E-state index in [0.29, 0.717) is 17.9 Å². The summed E-state index contributed by atoms with van der Waals surface area (Å²) in [6, 6.07) is 15.4. The number of hydrogen-bond donors (Lipinski definition) is 2. The van der Waals surface area contributed by atoms with Crippen LogP contribution in [-0.2, 0) is 16.1 Å². The zero-order valence-electron chi connectivity index (χ0n) is 15.2. The Bertz CT molecular complexity index is 775. The van der Waals surface area contributed by atoms with Gasteiger partial charge in [-0.25, -0.2) is 4.79 Å². The average Bonchev–Trinajstić information content (AvgIpc) is 2.71. The Labute approximate surface area is 157 Å². The molecule has 7 heteroatoms. The number of rotatable bonds is 8. The van der Waals surface area contributed by atoms with Gasteiger partial charge in [0.1, 0.15) is 12.3 Å². The highest BCUT2D eigenvalue weighted by Crippen LogP contribution is 2.13. The number of carbonyl (C=O) groups excluding carboxylic acids is 3. The van der Waals surface area contributed by atoms with E-state index in [1.807, 2.05) is 30.3 Å². The van der Waals surface area contributed by atoms with E-state index < -0.39 is 18.1 Å². The van der Waals surface area contributed by atoms with Gasteiger partial charge in [-0.3, -0.25) is 9.59 Å². The number of methoxy groups -OCH3 is 1. The molecule has 0 heterocycles. The van der Waals surface area contributed by atoms with E-state index in [1.165, 1.54) is 14.0 Å². The van der Waals surface area contributed by atoms with Crippen molar-refractivity contribution in [3.05, 3.63) is 65.7 Å². The molecule has 0 aromatic heterocycles. The summed E-state index contributed by atoms with van der Waals surface area (Å²) in [5.41, 5.74) is 1.35. The maximum atomic E-state index is 12.3. The molecule has 0 spiro atoms. The number of benzene rings is 2. The smallest absolute Gasteiger partial charge is 0.326 e. The number of ether oxygens (including phenoxy) is 2. The minimum atomic E-state index is -0.958. The fraction of sp³-hybridized carbons (Fsp3) is 0.250. The maximum Gasteiger partial charge on any atom is 0.326 e. The number of amides is 2. The van der Waals surface area contributed by atoms with Crippen LogP contribution in [0.3, 0.4) is 0 Å². The lowest BCUT2D eigenvalue weighted by atomic mass is 10.1. The van der Waals surface area contributed by atoms with E-state index in [9.17, 15) is 14.4 Å². The molecule has 1 unspecified atom stereocenters. The van der Waals surface area contributed by atoms with Gasteiger partial charge in [0.2, 0.25) is 5.78 Å². The maximum absolute atomic E-state index is 12.3. The molecule has 0 saturated heterocycles.